The summed E-state index contributed by atoms with van der Waals surface area (Å²) in [5, 5.41) is 0.948. The first kappa shape index (κ1) is 16.1. The van der Waals surface area contributed by atoms with Gasteiger partial charge in [0.15, 0.2) is 0 Å². The van der Waals surface area contributed by atoms with Crippen LogP contribution in [0.1, 0.15) is 24.8 Å². The van der Waals surface area contributed by atoms with Crippen molar-refractivity contribution in [2.45, 2.75) is 37.1 Å². The van der Waals surface area contributed by atoms with Crippen molar-refractivity contribution in [3.63, 3.8) is 0 Å². The van der Waals surface area contributed by atoms with Gasteiger partial charge in [0.1, 0.15) is 0 Å². The third kappa shape index (κ3) is 2.78. The second kappa shape index (κ2) is 6.15. The fraction of sp³-hybridized carbons (Fsp3) is 0.250. The molecule has 25 heavy (non-hydrogen) atoms. The maximum Gasteiger partial charge on any atom is 0.264 e. The van der Waals surface area contributed by atoms with Gasteiger partial charge in [-0.05, 0) is 50.5 Å². The van der Waals surface area contributed by atoms with E-state index in [1.54, 1.807) is 22.6 Å². The molecule has 128 valence electrons. The Hall–Kier alpha value is -2.40. The van der Waals surface area contributed by atoms with Crippen molar-refractivity contribution < 1.29 is 8.42 Å². The van der Waals surface area contributed by atoms with Gasteiger partial charge in [-0.25, -0.2) is 8.42 Å². The molecule has 1 aliphatic carbocycles. The lowest BCUT2D eigenvalue weighted by Crippen LogP contribution is -2.44. The van der Waals surface area contributed by atoms with E-state index in [4.69, 9.17) is 0 Å². The summed E-state index contributed by atoms with van der Waals surface area (Å²) in [7, 11) is -3.63. The van der Waals surface area contributed by atoms with Crippen LogP contribution >= 0.6 is 0 Å². The summed E-state index contributed by atoms with van der Waals surface area (Å²) in [5.41, 5.74) is 2.44. The normalized spacial score (nSPS) is 15.1. The van der Waals surface area contributed by atoms with Crippen molar-refractivity contribution in [1.82, 2.24) is 4.98 Å². The molecule has 0 spiro atoms. The first-order chi connectivity index (χ1) is 12.1. The molecular weight excluding hydrogens is 332 g/mol. The number of aryl methyl sites for hydroxylation is 1. The average molecular weight is 352 g/mol. The molecule has 1 aromatic heterocycles. The van der Waals surface area contributed by atoms with Gasteiger partial charge in [0, 0.05) is 17.6 Å². The predicted octanol–water partition coefficient (Wildman–Crippen LogP) is 4.29. The highest BCUT2D eigenvalue weighted by Crippen LogP contribution is 2.37. The Labute approximate surface area is 148 Å². The van der Waals surface area contributed by atoms with Crippen LogP contribution in [0.25, 0.3) is 10.9 Å². The largest absolute Gasteiger partial charge is 0.264 e. The number of rotatable bonds is 4. The Bertz CT molecular complexity index is 1000. The number of aromatic nitrogens is 1. The van der Waals surface area contributed by atoms with Gasteiger partial charge in [-0.2, -0.15) is 0 Å². The molecular formula is C20H20N2O2S. The Morgan fingerprint density at radius 2 is 1.72 bits per heavy atom. The number of fused-ring (bicyclic) bond motifs is 1. The van der Waals surface area contributed by atoms with Crippen LogP contribution in [0.2, 0.25) is 0 Å². The van der Waals surface area contributed by atoms with Gasteiger partial charge in [0.2, 0.25) is 0 Å². The van der Waals surface area contributed by atoms with Gasteiger partial charge in [0.05, 0.1) is 16.1 Å². The highest BCUT2D eigenvalue weighted by atomic mass is 32.2. The Morgan fingerprint density at radius 3 is 2.40 bits per heavy atom. The number of benzene rings is 2. The minimum Gasteiger partial charge on any atom is -0.261 e. The lowest BCUT2D eigenvalue weighted by Gasteiger charge is -2.38. The molecule has 4 rings (SSSR count). The molecule has 2 aromatic carbocycles. The van der Waals surface area contributed by atoms with Crippen molar-refractivity contribution in [2.24, 2.45) is 0 Å². The molecule has 4 nitrogen and oxygen atoms in total. The fourth-order valence-corrected chi connectivity index (χ4v) is 4.95. The maximum atomic E-state index is 13.4. The molecule has 0 N–H and O–H groups in total. The summed E-state index contributed by atoms with van der Waals surface area (Å²) in [6, 6.07) is 16.6. The Balaban J connectivity index is 1.90. The van der Waals surface area contributed by atoms with Crippen molar-refractivity contribution in [3.05, 3.63) is 66.4 Å². The molecule has 0 atom stereocenters. The summed E-state index contributed by atoms with van der Waals surface area (Å²) in [6.45, 7) is 1.95. The second-order valence-electron chi connectivity index (χ2n) is 6.55. The highest BCUT2D eigenvalue weighted by Gasteiger charge is 2.36. The minimum atomic E-state index is -3.63. The highest BCUT2D eigenvalue weighted by molar-refractivity contribution is 7.92. The Morgan fingerprint density at radius 1 is 1.00 bits per heavy atom. The molecule has 5 heteroatoms. The van der Waals surface area contributed by atoms with E-state index in [9.17, 15) is 8.42 Å². The molecule has 0 bridgehead atoms. The first-order valence-electron chi connectivity index (χ1n) is 8.52. The topological polar surface area (TPSA) is 50.3 Å². The van der Waals surface area contributed by atoms with Gasteiger partial charge < -0.3 is 0 Å². The number of nitrogens with zero attached hydrogens (tertiary/aromatic N) is 2. The number of hydrogen-bond acceptors (Lipinski definition) is 3. The summed E-state index contributed by atoms with van der Waals surface area (Å²) in [6.07, 6.45) is 4.54. The maximum absolute atomic E-state index is 13.4. The Kier molecular flexibility index (Phi) is 3.96. The van der Waals surface area contributed by atoms with Crippen LogP contribution in [0.4, 0.5) is 5.69 Å². The summed E-state index contributed by atoms with van der Waals surface area (Å²) in [4.78, 5) is 4.79. The lowest BCUT2D eigenvalue weighted by atomic mass is 9.93. The molecule has 1 saturated carbocycles. The van der Waals surface area contributed by atoms with Crippen molar-refractivity contribution >= 4 is 26.6 Å². The van der Waals surface area contributed by atoms with Crippen LogP contribution < -0.4 is 4.31 Å². The monoisotopic (exact) mass is 352 g/mol. The van der Waals surface area contributed by atoms with E-state index in [0.29, 0.717) is 10.6 Å². The third-order valence-electron chi connectivity index (χ3n) is 4.83. The van der Waals surface area contributed by atoms with Gasteiger partial charge >= 0.3 is 0 Å². The van der Waals surface area contributed by atoms with E-state index < -0.39 is 10.0 Å². The fourth-order valence-electron chi connectivity index (χ4n) is 3.23. The number of sulfonamides is 1. The zero-order valence-electron chi connectivity index (χ0n) is 14.1. The van der Waals surface area contributed by atoms with Gasteiger partial charge in [-0.1, -0.05) is 35.9 Å². The van der Waals surface area contributed by atoms with Crippen LogP contribution in [0.3, 0.4) is 0 Å². The van der Waals surface area contributed by atoms with Crippen molar-refractivity contribution in [3.8, 4) is 0 Å². The molecule has 1 aliphatic rings. The van der Waals surface area contributed by atoms with Crippen LogP contribution in [-0.4, -0.2) is 19.4 Å². The smallest absolute Gasteiger partial charge is 0.261 e. The van der Waals surface area contributed by atoms with E-state index in [2.05, 4.69) is 4.98 Å². The number of pyridine rings is 1. The number of hydrogen-bond donors (Lipinski definition) is 0. The number of anilines is 1. The standard InChI is InChI=1S/C20H20N2O2S/c1-15-10-12-18(13-11-15)25(23,24)22(17-7-3-8-17)19-9-2-5-16-6-4-14-21-20(16)19/h2,4-6,9-14,17H,3,7-8H2,1H3. The second-order valence-corrected chi connectivity index (χ2v) is 8.37. The molecule has 1 fully saturated rings. The van der Waals surface area contributed by atoms with Gasteiger partial charge in [-0.15, -0.1) is 0 Å². The quantitative estimate of drug-likeness (QED) is 0.704. The molecule has 0 radical (unpaired) electrons. The van der Waals surface area contributed by atoms with Crippen LogP contribution in [0.15, 0.2) is 65.7 Å². The summed E-state index contributed by atoms with van der Waals surface area (Å²) in [5.74, 6) is 0. The van der Waals surface area contributed by atoms with Crippen molar-refractivity contribution in [2.75, 3.05) is 4.31 Å². The zero-order valence-corrected chi connectivity index (χ0v) is 14.9. The van der Waals surface area contributed by atoms with Gasteiger partial charge in [0.25, 0.3) is 10.0 Å². The van der Waals surface area contributed by atoms with Crippen LogP contribution in [0.5, 0.6) is 0 Å². The van der Waals surface area contributed by atoms with E-state index in [0.717, 1.165) is 35.7 Å². The summed E-state index contributed by atoms with van der Waals surface area (Å²) < 4.78 is 28.4. The van der Waals surface area contributed by atoms with E-state index in [1.165, 1.54) is 0 Å². The summed E-state index contributed by atoms with van der Waals surface area (Å²) >= 11 is 0. The molecule has 1 heterocycles. The molecule has 0 amide bonds. The molecule has 0 unspecified atom stereocenters. The predicted molar refractivity (Wildman–Crippen MR) is 100 cm³/mol. The first-order valence-corrected chi connectivity index (χ1v) is 9.96. The van der Waals surface area contributed by atoms with E-state index in [1.807, 2.05) is 49.4 Å². The molecule has 0 saturated heterocycles. The van der Waals surface area contributed by atoms with E-state index >= 15 is 0 Å². The van der Waals surface area contributed by atoms with Crippen LogP contribution in [-0.2, 0) is 10.0 Å². The zero-order chi connectivity index (χ0) is 17.4. The van der Waals surface area contributed by atoms with Gasteiger partial charge in [-0.3, -0.25) is 9.29 Å². The van der Waals surface area contributed by atoms with Crippen molar-refractivity contribution in [1.29, 1.82) is 0 Å². The van der Waals surface area contributed by atoms with Crippen LogP contribution in [0, 0.1) is 6.92 Å². The molecule has 0 aliphatic heterocycles. The average Bonchev–Trinajstić information content (AvgIpc) is 2.58. The number of para-hydroxylation sites is 1. The lowest BCUT2D eigenvalue weighted by molar-refractivity contribution is 0.415. The SMILES string of the molecule is Cc1ccc(S(=O)(=O)N(c2cccc3cccnc23)C2CCC2)cc1. The molecule has 3 aromatic rings. The third-order valence-corrected chi connectivity index (χ3v) is 6.71. The van der Waals surface area contributed by atoms with E-state index in [-0.39, 0.29) is 6.04 Å². The minimum absolute atomic E-state index is 0.00101.